The number of carbonyl (C=O) groups is 1. The summed E-state index contributed by atoms with van der Waals surface area (Å²) in [7, 11) is -0.660. The Morgan fingerprint density at radius 2 is 1.91 bits per heavy atom. The second-order valence-corrected chi connectivity index (χ2v) is 11.5. The topological polar surface area (TPSA) is 96.5 Å². The average Bonchev–Trinajstić information content (AvgIpc) is 3.16. The summed E-state index contributed by atoms with van der Waals surface area (Å²) in [5, 5.41) is 5.57. The lowest BCUT2D eigenvalue weighted by Gasteiger charge is -2.21. The predicted octanol–water partition coefficient (Wildman–Crippen LogP) is 3.37. The third kappa shape index (κ3) is 6.43. The average molecular weight is 498 g/mol. The molecular weight excluding hydrogens is 466 g/mol. The van der Waals surface area contributed by atoms with E-state index in [9.17, 15) is 13.2 Å². The molecule has 0 saturated carbocycles. The number of hydrogen-bond donors (Lipinski definition) is 3. The van der Waals surface area contributed by atoms with E-state index in [-0.39, 0.29) is 21.3 Å². The summed E-state index contributed by atoms with van der Waals surface area (Å²) < 4.78 is 33.0. The van der Waals surface area contributed by atoms with Crippen molar-refractivity contribution in [2.75, 3.05) is 20.7 Å². The van der Waals surface area contributed by atoms with E-state index < -0.39 is 10.0 Å². The lowest BCUT2D eigenvalue weighted by Crippen LogP contribution is -2.37. The van der Waals surface area contributed by atoms with Gasteiger partial charge in [0, 0.05) is 23.3 Å². The molecule has 0 aliphatic rings. The van der Waals surface area contributed by atoms with Gasteiger partial charge in [-0.25, -0.2) is 8.42 Å². The van der Waals surface area contributed by atoms with E-state index in [4.69, 9.17) is 17.0 Å². The van der Waals surface area contributed by atoms with Gasteiger partial charge in [0.05, 0.1) is 12.7 Å². The van der Waals surface area contributed by atoms with Crippen LogP contribution < -0.4 is 20.1 Å². The molecular formula is C22H31N3O4S3. The quantitative estimate of drug-likeness (QED) is 0.484. The molecule has 176 valence electrons. The Hall–Kier alpha value is -2.17. The van der Waals surface area contributed by atoms with Crippen LogP contribution >= 0.6 is 23.6 Å². The van der Waals surface area contributed by atoms with E-state index in [1.165, 1.54) is 18.4 Å². The highest BCUT2D eigenvalue weighted by Gasteiger charge is 2.23. The van der Waals surface area contributed by atoms with Crippen molar-refractivity contribution in [3.8, 4) is 5.75 Å². The Morgan fingerprint density at radius 3 is 2.47 bits per heavy atom. The van der Waals surface area contributed by atoms with Gasteiger partial charge in [-0.1, -0.05) is 33.8 Å². The molecule has 0 aliphatic carbocycles. The summed E-state index contributed by atoms with van der Waals surface area (Å²) in [5.74, 6) is 0.286. The van der Waals surface area contributed by atoms with E-state index in [0.29, 0.717) is 30.7 Å². The minimum atomic E-state index is -3.75. The fraction of sp³-hybridized carbons (Fsp3) is 0.455. The number of thiophene rings is 1. The van der Waals surface area contributed by atoms with E-state index in [2.05, 4.69) is 36.1 Å². The van der Waals surface area contributed by atoms with Crippen LogP contribution in [0.1, 0.15) is 53.4 Å². The SMILES string of the molecule is CCc1sc(CCNC(=O)c2cc(C(C)(C)C)ccc2OC)cc1S(=O)(=O)NC(=S)NC. The van der Waals surface area contributed by atoms with Crippen LogP contribution in [0.5, 0.6) is 5.75 Å². The van der Waals surface area contributed by atoms with Crippen molar-refractivity contribution in [1.82, 2.24) is 15.4 Å². The van der Waals surface area contributed by atoms with Crippen LogP contribution in [0.15, 0.2) is 29.2 Å². The Labute approximate surface area is 200 Å². The largest absolute Gasteiger partial charge is 0.496 e. The summed E-state index contributed by atoms with van der Waals surface area (Å²) in [5.41, 5.74) is 1.42. The molecule has 10 heteroatoms. The smallest absolute Gasteiger partial charge is 0.264 e. The summed E-state index contributed by atoms with van der Waals surface area (Å²) in [4.78, 5) is 14.7. The normalized spacial score (nSPS) is 11.7. The molecule has 1 aromatic heterocycles. The van der Waals surface area contributed by atoms with Crippen LogP contribution in [-0.4, -0.2) is 40.1 Å². The second-order valence-electron chi connectivity index (χ2n) is 8.21. The molecule has 7 nitrogen and oxygen atoms in total. The van der Waals surface area contributed by atoms with Crippen LogP contribution in [0.2, 0.25) is 0 Å². The zero-order valence-corrected chi connectivity index (χ0v) is 21.7. The Bertz CT molecular complexity index is 1090. The zero-order valence-electron chi connectivity index (χ0n) is 19.3. The molecule has 0 atom stereocenters. The van der Waals surface area contributed by atoms with Crippen molar-refractivity contribution in [3.05, 3.63) is 45.1 Å². The number of sulfonamides is 1. The fourth-order valence-corrected chi connectivity index (χ4v) is 6.09. The molecule has 32 heavy (non-hydrogen) atoms. The number of hydrogen-bond acceptors (Lipinski definition) is 6. The number of thiocarbonyl (C=S) groups is 1. The Kier molecular flexibility index (Phi) is 8.67. The van der Waals surface area contributed by atoms with Crippen molar-refractivity contribution >= 4 is 44.6 Å². The number of aryl methyl sites for hydroxylation is 1. The van der Waals surface area contributed by atoms with Gasteiger partial charge in [0.25, 0.3) is 15.9 Å². The van der Waals surface area contributed by atoms with E-state index in [0.717, 1.165) is 15.3 Å². The van der Waals surface area contributed by atoms with Gasteiger partial charge >= 0.3 is 0 Å². The monoisotopic (exact) mass is 497 g/mol. The Morgan fingerprint density at radius 1 is 1.22 bits per heavy atom. The highest BCUT2D eigenvalue weighted by molar-refractivity contribution is 7.92. The molecule has 2 rings (SSSR count). The van der Waals surface area contributed by atoms with Gasteiger partial charge < -0.3 is 15.4 Å². The second kappa shape index (κ2) is 10.6. The summed E-state index contributed by atoms with van der Waals surface area (Å²) in [6.07, 6.45) is 1.09. The third-order valence-electron chi connectivity index (χ3n) is 4.85. The predicted molar refractivity (Wildman–Crippen MR) is 133 cm³/mol. The Balaban J connectivity index is 2.14. The molecule has 0 unspecified atom stereocenters. The van der Waals surface area contributed by atoms with Crippen molar-refractivity contribution in [2.45, 2.75) is 50.8 Å². The molecule has 1 aromatic carbocycles. The minimum Gasteiger partial charge on any atom is -0.496 e. The van der Waals surface area contributed by atoms with Crippen LogP contribution in [0.4, 0.5) is 0 Å². The number of rotatable bonds is 8. The molecule has 1 heterocycles. The molecule has 1 amide bonds. The van der Waals surface area contributed by atoms with Crippen LogP contribution in [0.3, 0.4) is 0 Å². The van der Waals surface area contributed by atoms with Gasteiger partial charge in [-0.15, -0.1) is 11.3 Å². The maximum absolute atomic E-state index is 12.8. The molecule has 0 fully saturated rings. The van der Waals surface area contributed by atoms with Gasteiger partial charge in [-0.2, -0.15) is 0 Å². The summed E-state index contributed by atoms with van der Waals surface area (Å²) in [6.45, 7) is 8.53. The first-order valence-corrected chi connectivity index (χ1v) is 13.0. The maximum atomic E-state index is 12.8. The lowest BCUT2D eigenvalue weighted by atomic mass is 9.86. The van der Waals surface area contributed by atoms with Crippen molar-refractivity contribution < 1.29 is 17.9 Å². The molecule has 0 spiro atoms. The van der Waals surface area contributed by atoms with E-state index in [1.807, 2.05) is 25.1 Å². The first-order valence-electron chi connectivity index (χ1n) is 10.3. The molecule has 0 radical (unpaired) electrons. The third-order valence-corrected chi connectivity index (χ3v) is 8.17. The number of ether oxygens (including phenoxy) is 1. The molecule has 2 aromatic rings. The molecule has 0 bridgehead atoms. The number of carbonyl (C=O) groups excluding carboxylic acids is 1. The van der Waals surface area contributed by atoms with Gasteiger partial charge in [-0.05, 0) is 54.2 Å². The standard InChI is InChI=1S/C22H31N3O4S3/c1-7-18-19(32(27,28)25-21(30)23-5)13-15(31-18)10-11-24-20(26)16-12-14(22(2,3)4)8-9-17(16)29-6/h8-9,12-13H,7,10-11H2,1-6H3,(H,24,26)(H2,23,25,30). The number of nitrogens with one attached hydrogen (secondary N) is 3. The van der Waals surface area contributed by atoms with Crippen molar-refractivity contribution in [2.24, 2.45) is 0 Å². The van der Waals surface area contributed by atoms with Crippen LogP contribution in [0, 0.1) is 0 Å². The minimum absolute atomic E-state index is 0.0403. The number of amides is 1. The van der Waals surface area contributed by atoms with Gasteiger partial charge in [0.15, 0.2) is 5.11 Å². The first-order chi connectivity index (χ1) is 14.9. The summed E-state index contributed by atoms with van der Waals surface area (Å²) in [6, 6.07) is 7.28. The van der Waals surface area contributed by atoms with Crippen molar-refractivity contribution in [1.29, 1.82) is 0 Å². The highest BCUT2D eigenvalue weighted by atomic mass is 32.2. The first kappa shape index (κ1) is 26.1. The van der Waals surface area contributed by atoms with Gasteiger partial charge in [0.1, 0.15) is 10.6 Å². The lowest BCUT2D eigenvalue weighted by molar-refractivity contribution is 0.0951. The van der Waals surface area contributed by atoms with Crippen molar-refractivity contribution in [3.63, 3.8) is 0 Å². The zero-order chi connectivity index (χ0) is 24.1. The molecule has 3 N–H and O–H groups in total. The van der Waals surface area contributed by atoms with Crippen LogP contribution in [-0.2, 0) is 28.3 Å². The summed E-state index contributed by atoms with van der Waals surface area (Å²) >= 11 is 6.35. The highest BCUT2D eigenvalue weighted by Crippen LogP contribution is 2.29. The van der Waals surface area contributed by atoms with E-state index >= 15 is 0 Å². The van der Waals surface area contributed by atoms with E-state index in [1.54, 1.807) is 13.1 Å². The fourth-order valence-electron chi connectivity index (χ4n) is 3.04. The van der Waals surface area contributed by atoms with Crippen LogP contribution in [0.25, 0.3) is 0 Å². The molecule has 0 aliphatic heterocycles. The molecule has 0 saturated heterocycles. The number of methoxy groups -OCH3 is 1. The van der Waals surface area contributed by atoms with Gasteiger partial charge in [-0.3, -0.25) is 9.52 Å². The maximum Gasteiger partial charge on any atom is 0.264 e. The van der Waals surface area contributed by atoms with Gasteiger partial charge in [0.2, 0.25) is 0 Å². The number of benzene rings is 1.